The number of fused-ring (bicyclic) bond motifs is 1. The van der Waals surface area contributed by atoms with E-state index in [4.69, 9.17) is 24.5 Å². The minimum atomic E-state index is 0.624. The molecular weight excluding hydrogens is 422 g/mol. The molecule has 2 fully saturated rings. The van der Waals surface area contributed by atoms with Gasteiger partial charge in [0, 0.05) is 23.8 Å². The maximum Gasteiger partial charge on any atom is 0.230 e. The second-order valence-corrected chi connectivity index (χ2v) is 8.34. The zero-order valence-corrected chi connectivity index (χ0v) is 17.4. The molecule has 8 heteroatoms. The molecule has 0 amide bonds. The Kier molecular flexibility index (Phi) is 4.68. The third kappa shape index (κ3) is 3.58. The molecule has 1 aliphatic carbocycles. The Morgan fingerprint density at radius 3 is 2.79 bits per heavy atom. The van der Waals surface area contributed by atoms with E-state index in [1.165, 1.54) is 12.8 Å². The van der Waals surface area contributed by atoms with Crippen molar-refractivity contribution in [2.75, 3.05) is 37.8 Å². The molecule has 7 nitrogen and oxygen atoms in total. The lowest BCUT2D eigenvalue weighted by molar-refractivity contribution is 0.122. The van der Waals surface area contributed by atoms with Crippen LogP contribution in [-0.4, -0.2) is 52.7 Å². The maximum atomic E-state index is 6.10. The van der Waals surface area contributed by atoms with Crippen molar-refractivity contribution in [1.82, 2.24) is 19.7 Å². The fraction of sp³-hybridized carbons (Fsp3) is 0.450. The number of aromatic nitrogens is 4. The van der Waals surface area contributed by atoms with Crippen molar-refractivity contribution < 1.29 is 9.47 Å². The number of rotatable bonds is 5. The van der Waals surface area contributed by atoms with Gasteiger partial charge in [-0.25, -0.2) is 4.68 Å². The fourth-order valence-corrected chi connectivity index (χ4v) is 3.84. The van der Waals surface area contributed by atoms with E-state index in [1.54, 1.807) is 0 Å². The number of morpholine rings is 1. The zero-order valence-electron chi connectivity index (χ0n) is 15.8. The van der Waals surface area contributed by atoms with Crippen molar-refractivity contribution in [2.24, 2.45) is 5.92 Å². The van der Waals surface area contributed by atoms with E-state index in [0.717, 1.165) is 34.2 Å². The summed E-state index contributed by atoms with van der Waals surface area (Å²) in [7, 11) is 0. The average molecular weight is 444 g/mol. The molecule has 3 heterocycles. The monoisotopic (exact) mass is 443 g/mol. The molecule has 1 aliphatic heterocycles. The SMILES string of the molecule is Cc1cc(Br)ccc1-n1cc2c(OCC3CC3)nc(N3CCOCC3)nc2n1. The van der Waals surface area contributed by atoms with E-state index in [1.807, 2.05) is 23.0 Å². The number of aryl methyl sites for hydroxylation is 1. The van der Waals surface area contributed by atoms with Crippen LogP contribution >= 0.6 is 15.9 Å². The second kappa shape index (κ2) is 7.33. The molecule has 0 atom stereocenters. The van der Waals surface area contributed by atoms with E-state index in [-0.39, 0.29) is 0 Å². The predicted molar refractivity (Wildman–Crippen MR) is 110 cm³/mol. The summed E-state index contributed by atoms with van der Waals surface area (Å²) >= 11 is 3.52. The zero-order chi connectivity index (χ0) is 19.1. The van der Waals surface area contributed by atoms with Crippen LogP contribution < -0.4 is 9.64 Å². The summed E-state index contributed by atoms with van der Waals surface area (Å²) in [5, 5.41) is 5.59. The first-order valence-corrected chi connectivity index (χ1v) is 10.5. The number of anilines is 1. The van der Waals surface area contributed by atoms with Crippen LogP contribution in [0.1, 0.15) is 18.4 Å². The van der Waals surface area contributed by atoms with Gasteiger partial charge in [0.25, 0.3) is 0 Å². The molecule has 2 aromatic heterocycles. The van der Waals surface area contributed by atoms with Crippen LogP contribution in [-0.2, 0) is 4.74 Å². The molecule has 146 valence electrons. The summed E-state index contributed by atoms with van der Waals surface area (Å²) in [6, 6.07) is 6.15. The van der Waals surface area contributed by atoms with Crippen molar-refractivity contribution >= 4 is 32.9 Å². The minimum absolute atomic E-state index is 0.624. The lowest BCUT2D eigenvalue weighted by atomic mass is 10.2. The molecule has 0 unspecified atom stereocenters. The number of halogens is 1. The molecule has 2 aliphatic rings. The first-order valence-electron chi connectivity index (χ1n) is 9.67. The minimum Gasteiger partial charge on any atom is -0.477 e. The van der Waals surface area contributed by atoms with Crippen molar-refractivity contribution in [2.45, 2.75) is 19.8 Å². The molecule has 0 bridgehead atoms. The molecule has 0 radical (unpaired) electrons. The van der Waals surface area contributed by atoms with Crippen LogP contribution in [0.25, 0.3) is 16.7 Å². The van der Waals surface area contributed by atoms with Gasteiger partial charge in [0.1, 0.15) is 5.39 Å². The van der Waals surface area contributed by atoms with Gasteiger partial charge in [-0.1, -0.05) is 15.9 Å². The van der Waals surface area contributed by atoms with Gasteiger partial charge in [-0.2, -0.15) is 9.97 Å². The first-order chi connectivity index (χ1) is 13.7. The molecular formula is C20H22BrN5O2. The van der Waals surface area contributed by atoms with E-state index >= 15 is 0 Å². The quantitative estimate of drug-likeness (QED) is 0.600. The summed E-state index contributed by atoms with van der Waals surface area (Å²) in [4.78, 5) is 11.6. The summed E-state index contributed by atoms with van der Waals surface area (Å²) in [5.41, 5.74) is 2.80. The van der Waals surface area contributed by atoms with Crippen molar-refractivity contribution in [3.63, 3.8) is 0 Å². The number of hydrogen-bond acceptors (Lipinski definition) is 6. The van der Waals surface area contributed by atoms with Gasteiger partial charge in [0.15, 0.2) is 5.65 Å². The van der Waals surface area contributed by atoms with Gasteiger partial charge in [-0.15, -0.1) is 5.10 Å². The molecule has 1 saturated carbocycles. The number of ether oxygens (including phenoxy) is 2. The number of benzene rings is 1. The van der Waals surface area contributed by atoms with Crippen LogP contribution in [0.5, 0.6) is 5.88 Å². The lowest BCUT2D eigenvalue weighted by Gasteiger charge is -2.26. The van der Waals surface area contributed by atoms with Gasteiger partial charge < -0.3 is 14.4 Å². The van der Waals surface area contributed by atoms with Crippen molar-refractivity contribution in [1.29, 1.82) is 0 Å². The topological polar surface area (TPSA) is 65.3 Å². The highest BCUT2D eigenvalue weighted by Crippen LogP contribution is 2.32. The first kappa shape index (κ1) is 17.9. The molecule has 28 heavy (non-hydrogen) atoms. The van der Waals surface area contributed by atoms with E-state index in [9.17, 15) is 0 Å². The highest BCUT2D eigenvalue weighted by atomic mass is 79.9. The Balaban J connectivity index is 1.57. The average Bonchev–Trinajstić information content (AvgIpc) is 3.43. The molecule has 0 N–H and O–H groups in total. The van der Waals surface area contributed by atoms with E-state index < -0.39 is 0 Å². The molecule has 5 rings (SSSR count). The van der Waals surface area contributed by atoms with Crippen LogP contribution in [0.2, 0.25) is 0 Å². The fourth-order valence-electron chi connectivity index (χ4n) is 3.36. The smallest absolute Gasteiger partial charge is 0.230 e. The standard InChI is InChI=1S/C20H22BrN5O2/c1-13-10-15(21)4-5-17(13)26-11-16-18(24-26)22-20(25-6-8-27-9-7-25)23-19(16)28-12-14-2-3-14/h4-5,10-11,14H,2-3,6-9,12H2,1H3. The molecule has 1 aromatic carbocycles. The number of nitrogens with zero attached hydrogens (tertiary/aromatic N) is 5. The maximum absolute atomic E-state index is 6.10. The summed E-state index contributed by atoms with van der Waals surface area (Å²) in [6.07, 6.45) is 4.45. The van der Waals surface area contributed by atoms with Gasteiger partial charge in [0.05, 0.1) is 25.5 Å². The Morgan fingerprint density at radius 2 is 2.04 bits per heavy atom. The summed E-state index contributed by atoms with van der Waals surface area (Å²) in [6.45, 7) is 5.71. The van der Waals surface area contributed by atoms with Crippen LogP contribution in [0, 0.1) is 12.8 Å². The summed E-state index contributed by atoms with van der Waals surface area (Å²) < 4.78 is 14.5. The van der Waals surface area contributed by atoms with E-state index in [2.05, 4.69) is 33.8 Å². The molecule has 1 saturated heterocycles. The van der Waals surface area contributed by atoms with Gasteiger partial charge >= 0.3 is 0 Å². The predicted octanol–water partition coefficient (Wildman–Crippen LogP) is 3.51. The Labute approximate surface area is 171 Å². The third-order valence-electron chi connectivity index (χ3n) is 5.18. The lowest BCUT2D eigenvalue weighted by Crippen LogP contribution is -2.37. The van der Waals surface area contributed by atoms with Crippen LogP contribution in [0.3, 0.4) is 0 Å². The highest BCUT2D eigenvalue weighted by molar-refractivity contribution is 9.10. The van der Waals surface area contributed by atoms with Crippen molar-refractivity contribution in [3.05, 3.63) is 34.4 Å². The van der Waals surface area contributed by atoms with Gasteiger partial charge in [-0.3, -0.25) is 0 Å². The van der Waals surface area contributed by atoms with Gasteiger partial charge in [0.2, 0.25) is 11.8 Å². The third-order valence-corrected chi connectivity index (χ3v) is 5.68. The Morgan fingerprint density at radius 1 is 1.21 bits per heavy atom. The second-order valence-electron chi connectivity index (χ2n) is 7.42. The Hall–Kier alpha value is -2.19. The number of hydrogen-bond donors (Lipinski definition) is 0. The van der Waals surface area contributed by atoms with Crippen LogP contribution in [0.15, 0.2) is 28.9 Å². The van der Waals surface area contributed by atoms with Crippen LogP contribution in [0.4, 0.5) is 5.95 Å². The summed E-state index contributed by atoms with van der Waals surface area (Å²) in [5.74, 6) is 1.94. The largest absolute Gasteiger partial charge is 0.477 e. The van der Waals surface area contributed by atoms with Crippen molar-refractivity contribution in [3.8, 4) is 11.6 Å². The normalized spacial score (nSPS) is 17.3. The molecule has 3 aromatic rings. The molecule has 0 spiro atoms. The van der Waals surface area contributed by atoms with Gasteiger partial charge in [-0.05, 0) is 49.4 Å². The van der Waals surface area contributed by atoms with E-state index in [0.29, 0.717) is 43.2 Å². The highest BCUT2D eigenvalue weighted by Gasteiger charge is 2.24. The Bertz CT molecular complexity index is 1010.